The van der Waals surface area contributed by atoms with Crippen molar-refractivity contribution in [1.29, 1.82) is 0 Å². The van der Waals surface area contributed by atoms with Gasteiger partial charge in [-0.05, 0) is 32.0 Å². The minimum atomic E-state index is -0.368. The van der Waals surface area contributed by atoms with E-state index in [1.807, 2.05) is 36.9 Å². The lowest BCUT2D eigenvalue weighted by molar-refractivity contribution is -0.144. The van der Waals surface area contributed by atoms with Crippen LogP contribution in [0.3, 0.4) is 0 Å². The van der Waals surface area contributed by atoms with Gasteiger partial charge >= 0.3 is 0 Å². The molecule has 1 aromatic heterocycles. The third kappa shape index (κ3) is 4.50. The van der Waals surface area contributed by atoms with Crippen molar-refractivity contribution in [3.63, 3.8) is 0 Å². The average molecular weight is 376 g/mol. The van der Waals surface area contributed by atoms with Crippen LogP contribution in [-0.2, 0) is 16.1 Å². The van der Waals surface area contributed by atoms with E-state index < -0.39 is 0 Å². The van der Waals surface area contributed by atoms with E-state index >= 15 is 0 Å². The lowest BCUT2D eigenvalue weighted by Crippen LogP contribution is -2.51. The first-order valence-corrected chi connectivity index (χ1v) is 9.86. The second kappa shape index (κ2) is 8.75. The summed E-state index contributed by atoms with van der Waals surface area (Å²) in [6.45, 7) is 8.24. The number of benzene rings is 1. The van der Waals surface area contributed by atoms with Gasteiger partial charge in [0.25, 0.3) is 5.91 Å². The van der Waals surface area contributed by atoms with Crippen LogP contribution < -0.4 is 0 Å². The van der Waals surface area contributed by atoms with Gasteiger partial charge in [-0.2, -0.15) is 0 Å². The maximum absolute atomic E-state index is 13.9. The summed E-state index contributed by atoms with van der Waals surface area (Å²) >= 11 is 1.63. The summed E-state index contributed by atoms with van der Waals surface area (Å²) in [7, 11) is 0. The quantitative estimate of drug-likeness (QED) is 0.772. The van der Waals surface area contributed by atoms with Crippen molar-refractivity contribution in [2.45, 2.75) is 26.5 Å². The van der Waals surface area contributed by atoms with Crippen LogP contribution in [0.25, 0.3) is 10.4 Å². The highest BCUT2D eigenvalue weighted by Crippen LogP contribution is 2.30. The standard InChI is InChI=1S/C20H25FN2O2S/c1-3-25-15(2)20(24)23-12-10-22(11-13-23)14-16-8-9-19(26-16)17-6-4-5-7-18(17)21/h4-9,15H,3,10-14H2,1-2H3. The molecule has 1 unspecified atom stereocenters. The number of amides is 1. The molecule has 2 aromatic rings. The zero-order valence-electron chi connectivity index (χ0n) is 15.3. The summed E-state index contributed by atoms with van der Waals surface area (Å²) in [6.07, 6.45) is -0.368. The second-order valence-corrected chi connectivity index (χ2v) is 7.61. The molecule has 4 nitrogen and oxygen atoms in total. The molecule has 0 spiro atoms. The predicted molar refractivity (Wildman–Crippen MR) is 103 cm³/mol. The predicted octanol–water partition coefficient (Wildman–Crippen LogP) is 3.62. The maximum atomic E-state index is 13.9. The number of piperazine rings is 1. The highest BCUT2D eigenvalue weighted by atomic mass is 32.1. The third-order valence-electron chi connectivity index (χ3n) is 4.63. The molecule has 0 N–H and O–H groups in total. The van der Waals surface area contributed by atoms with E-state index in [1.165, 1.54) is 10.9 Å². The van der Waals surface area contributed by atoms with E-state index in [2.05, 4.69) is 11.0 Å². The van der Waals surface area contributed by atoms with Crippen LogP contribution >= 0.6 is 11.3 Å². The van der Waals surface area contributed by atoms with Gasteiger partial charge in [-0.1, -0.05) is 18.2 Å². The highest BCUT2D eigenvalue weighted by molar-refractivity contribution is 7.15. The lowest BCUT2D eigenvalue weighted by Gasteiger charge is -2.35. The number of rotatable bonds is 6. The molecule has 1 aliphatic heterocycles. The van der Waals surface area contributed by atoms with Crippen LogP contribution in [0.5, 0.6) is 0 Å². The number of hydrogen-bond donors (Lipinski definition) is 0. The molecule has 0 radical (unpaired) electrons. The van der Waals surface area contributed by atoms with Crippen LogP contribution in [-0.4, -0.2) is 54.6 Å². The highest BCUT2D eigenvalue weighted by Gasteiger charge is 2.25. The van der Waals surface area contributed by atoms with Crippen LogP contribution in [0.4, 0.5) is 4.39 Å². The zero-order chi connectivity index (χ0) is 18.5. The van der Waals surface area contributed by atoms with Gasteiger partial charge in [0.1, 0.15) is 11.9 Å². The van der Waals surface area contributed by atoms with Gasteiger partial charge in [0.2, 0.25) is 0 Å². The molecule has 140 valence electrons. The molecule has 0 bridgehead atoms. The van der Waals surface area contributed by atoms with Crippen molar-refractivity contribution in [2.75, 3.05) is 32.8 Å². The van der Waals surface area contributed by atoms with Crippen LogP contribution in [0.1, 0.15) is 18.7 Å². The zero-order valence-corrected chi connectivity index (χ0v) is 16.1. The number of carbonyl (C=O) groups is 1. The summed E-state index contributed by atoms with van der Waals surface area (Å²) in [6, 6.07) is 10.9. The molecule has 1 aromatic carbocycles. The maximum Gasteiger partial charge on any atom is 0.251 e. The van der Waals surface area contributed by atoms with E-state index in [4.69, 9.17) is 4.74 Å². The van der Waals surface area contributed by atoms with Crippen molar-refractivity contribution in [2.24, 2.45) is 0 Å². The molecule has 1 fully saturated rings. The van der Waals surface area contributed by atoms with E-state index in [-0.39, 0.29) is 17.8 Å². The van der Waals surface area contributed by atoms with Gasteiger partial charge in [0.15, 0.2) is 0 Å². The second-order valence-electron chi connectivity index (χ2n) is 6.44. The molecule has 0 aliphatic carbocycles. The van der Waals surface area contributed by atoms with Gasteiger partial charge < -0.3 is 9.64 Å². The largest absolute Gasteiger partial charge is 0.369 e. The molecule has 2 heterocycles. The summed E-state index contributed by atoms with van der Waals surface area (Å²) in [4.78, 5) is 18.7. The Bertz CT molecular complexity index is 741. The minimum absolute atomic E-state index is 0.0736. The number of thiophene rings is 1. The molecule has 1 amide bonds. The Balaban J connectivity index is 1.54. The summed E-state index contributed by atoms with van der Waals surface area (Å²) in [5.41, 5.74) is 0.657. The minimum Gasteiger partial charge on any atom is -0.369 e. The van der Waals surface area contributed by atoms with Gasteiger partial charge in [-0.25, -0.2) is 4.39 Å². The fourth-order valence-electron chi connectivity index (χ4n) is 3.19. The summed E-state index contributed by atoms with van der Waals surface area (Å²) < 4.78 is 19.3. The number of ether oxygens (including phenoxy) is 1. The molecule has 1 aliphatic rings. The monoisotopic (exact) mass is 376 g/mol. The van der Waals surface area contributed by atoms with E-state index in [0.717, 1.165) is 37.6 Å². The van der Waals surface area contributed by atoms with Gasteiger partial charge in [0.05, 0.1) is 0 Å². The van der Waals surface area contributed by atoms with Crippen molar-refractivity contribution < 1.29 is 13.9 Å². The molecule has 0 saturated carbocycles. The molecular weight excluding hydrogens is 351 g/mol. The number of hydrogen-bond acceptors (Lipinski definition) is 4. The van der Waals surface area contributed by atoms with Crippen molar-refractivity contribution >= 4 is 17.2 Å². The first kappa shape index (κ1) is 19.0. The fourth-order valence-corrected chi connectivity index (χ4v) is 4.27. The number of halogens is 1. The Morgan fingerprint density at radius 1 is 1.19 bits per heavy atom. The Kier molecular flexibility index (Phi) is 6.40. The number of nitrogens with zero attached hydrogens (tertiary/aromatic N) is 2. The third-order valence-corrected chi connectivity index (χ3v) is 5.73. The van der Waals surface area contributed by atoms with E-state index in [1.54, 1.807) is 17.4 Å². The fraction of sp³-hybridized carbons (Fsp3) is 0.450. The summed E-state index contributed by atoms with van der Waals surface area (Å²) in [5.74, 6) is -0.110. The lowest BCUT2D eigenvalue weighted by atomic mass is 10.2. The normalized spacial score (nSPS) is 16.7. The SMILES string of the molecule is CCOC(C)C(=O)N1CCN(Cc2ccc(-c3ccccc3F)s2)CC1. The van der Waals surface area contributed by atoms with Gasteiger partial charge in [0, 0.05) is 54.6 Å². The first-order valence-electron chi connectivity index (χ1n) is 9.05. The van der Waals surface area contributed by atoms with E-state index in [9.17, 15) is 9.18 Å². The first-order chi connectivity index (χ1) is 12.6. The average Bonchev–Trinajstić information content (AvgIpc) is 3.10. The van der Waals surface area contributed by atoms with Crippen molar-refractivity contribution in [3.05, 3.63) is 47.1 Å². The molecule has 3 rings (SSSR count). The van der Waals surface area contributed by atoms with Crippen molar-refractivity contribution in [3.8, 4) is 10.4 Å². The molecule has 1 saturated heterocycles. The van der Waals surface area contributed by atoms with Crippen LogP contribution in [0, 0.1) is 5.82 Å². The molecule has 6 heteroatoms. The Hall–Kier alpha value is -1.76. The van der Waals surface area contributed by atoms with Crippen LogP contribution in [0.15, 0.2) is 36.4 Å². The molecular formula is C20H25FN2O2S. The van der Waals surface area contributed by atoms with Crippen molar-refractivity contribution in [1.82, 2.24) is 9.80 Å². The van der Waals surface area contributed by atoms with Gasteiger partial charge in [-0.15, -0.1) is 11.3 Å². The topological polar surface area (TPSA) is 32.8 Å². The van der Waals surface area contributed by atoms with Crippen LogP contribution in [0.2, 0.25) is 0 Å². The Labute approximate surface area is 158 Å². The molecule has 1 atom stereocenters. The smallest absolute Gasteiger partial charge is 0.251 e. The van der Waals surface area contributed by atoms with E-state index in [0.29, 0.717) is 12.2 Å². The number of carbonyl (C=O) groups excluding carboxylic acids is 1. The summed E-state index contributed by atoms with van der Waals surface area (Å²) in [5, 5.41) is 0. The Morgan fingerprint density at radius 2 is 1.92 bits per heavy atom. The van der Waals surface area contributed by atoms with Gasteiger partial charge in [-0.3, -0.25) is 9.69 Å². The Morgan fingerprint density at radius 3 is 2.62 bits per heavy atom. The molecule has 26 heavy (non-hydrogen) atoms.